The van der Waals surface area contributed by atoms with E-state index in [0.29, 0.717) is 11.3 Å². The number of amides is 1. The van der Waals surface area contributed by atoms with Crippen LogP contribution in [0, 0.1) is 34.6 Å². The number of carbonyl (C=O) groups excluding carboxylic acids is 1. The molecule has 5 aromatic rings. The van der Waals surface area contributed by atoms with Crippen molar-refractivity contribution in [2.45, 2.75) is 34.6 Å². The van der Waals surface area contributed by atoms with Gasteiger partial charge in [-0.1, -0.05) is 132 Å². The van der Waals surface area contributed by atoms with Gasteiger partial charge in [-0.3, -0.25) is 0 Å². The molecule has 1 amide bonds. The summed E-state index contributed by atoms with van der Waals surface area (Å²) in [7, 11) is 0. The number of hydrogen-bond acceptors (Lipinski definition) is 1. The molecule has 0 heterocycles. The number of fused-ring (bicyclic) bond motifs is 1. The Morgan fingerprint density at radius 2 is 1.18 bits per heavy atom. The van der Waals surface area contributed by atoms with Gasteiger partial charge >= 0.3 is 21.7 Å². The molecule has 5 rings (SSSR count). The molecule has 5 aromatic carbocycles. The van der Waals surface area contributed by atoms with Crippen LogP contribution in [0.2, 0.25) is 0 Å². The molecule has 0 radical (unpaired) electrons. The third-order valence-electron chi connectivity index (χ3n) is 7.04. The van der Waals surface area contributed by atoms with Gasteiger partial charge in [0, 0.05) is 5.56 Å². The molecule has 38 heavy (non-hydrogen) atoms. The fourth-order valence-corrected chi connectivity index (χ4v) is 4.42. The molecular formula is C33H31Cl2NOTi. The predicted octanol–water partition coefficient (Wildman–Crippen LogP) is 3.31. The zero-order valence-electron chi connectivity index (χ0n) is 22.3. The van der Waals surface area contributed by atoms with Gasteiger partial charge in [0.2, 0.25) is 0 Å². The molecule has 0 atom stereocenters. The Balaban J connectivity index is 0.000000477. The fourth-order valence-electron chi connectivity index (χ4n) is 4.42. The SMILES string of the molecule is Cc1c(C)c(C)[c-](C)c1C.O=C([N-]c1ccccc1-c1ccccc1)c1cccc2ccccc12.[Cl-].[Cl-].[Ti+4]. The van der Waals surface area contributed by atoms with Gasteiger partial charge in [-0.05, 0) is 21.9 Å². The zero-order chi connectivity index (χ0) is 24.9. The summed E-state index contributed by atoms with van der Waals surface area (Å²) in [5.74, 6) is -0.222. The van der Waals surface area contributed by atoms with Gasteiger partial charge in [0.25, 0.3) is 0 Å². The van der Waals surface area contributed by atoms with E-state index < -0.39 is 0 Å². The van der Waals surface area contributed by atoms with Crippen molar-refractivity contribution < 1.29 is 51.3 Å². The van der Waals surface area contributed by atoms with Crippen LogP contribution in [0.4, 0.5) is 5.69 Å². The van der Waals surface area contributed by atoms with E-state index in [-0.39, 0.29) is 52.4 Å². The van der Waals surface area contributed by atoms with Crippen molar-refractivity contribution in [1.29, 1.82) is 0 Å². The average Bonchev–Trinajstić information content (AvgIpc) is 3.07. The van der Waals surface area contributed by atoms with E-state index >= 15 is 0 Å². The molecular weight excluding hydrogens is 545 g/mol. The fraction of sp³-hybridized carbons (Fsp3) is 0.152. The number of rotatable bonds is 3. The molecule has 0 saturated heterocycles. The molecule has 0 unspecified atom stereocenters. The van der Waals surface area contributed by atoms with Crippen molar-refractivity contribution in [3.63, 3.8) is 0 Å². The van der Waals surface area contributed by atoms with Gasteiger partial charge in [0.1, 0.15) is 0 Å². The van der Waals surface area contributed by atoms with Crippen LogP contribution in [0.5, 0.6) is 0 Å². The smallest absolute Gasteiger partial charge is 1.00 e. The number of hydrogen-bond donors (Lipinski definition) is 0. The second-order valence-corrected chi connectivity index (χ2v) is 8.95. The third-order valence-corrected chi connectivity index (χ3v) is 7.04. The monoisotopic (exact) mass is 575 g/mol. The summed E-state index contributed by atoms with van der Waals surface area (Å²) >= 11 is 0. The Kier molecular flexibility index (Phi) is 13.1. The molecule has 0 N–H and O–H groups in total. The van der Waals surface area contributed by atoms with Crippen LogP contribution in [0.1, 0.15) is 38.2 Å². The minimum atomic E-state index is -0.222. The van der Waals surface area contributed by atoms with E-state index in [1.807, 2.05) is 97.1 Å². The zero-order valence-corrected chi connectivity index (χ0v) is 25.4. The van der Waals surface area contributed by atoms with Gasteiger partial charge in [-0.15, -0.1) is 5.69 Å². The molecule has 0 aromatic heterocycles. The van der Waals surface area contributed by atoms with Crippen LogP contribution in [-0.2, 0) is 21.7 Å². The number of benzene rings is 4. The molecule has 0 fully saturated rings. The second-order valence-electron chi connectivity index (χ2n) is 8.95. The second kappa shape index (κ2) is 15.0. The van der Waals surface area contributed by atoms with Gasteiger partial charge < -0.3 is 34.9 Å². The van der Waals surface area contributed by atoms with E-state index in [4.69, 9.17) is 0 Å². The van der Waals surface area contributed by atoms with Crippen molar-refractivity contribution in [3.05, 3.63) is 136 Å². The van der Waals surface area contributed by atoms with E-state index in [0.717, 1.165) is 21.9 Å². The van der Waals surface area contributed by atoms with E-state index in [1.165, 1.54) is 27.8 Å². The molecule has 0 spiro atoms. The van der Waals surface area contributed by atoms with Crippen LogP contribution in [0.15, 0.2) is 97.1 Å². The van der Waals surface area contributed by atoms with Gasteiger partial charge in [-0.2, -0.15) is 27.8 Å². The minimum Gasteiger partial charge on any atom is -1.00 e. The Labute approximate surface area is 253 Å². The first-order valence-corrected chi connectivity index (χ1v) is 12.0. The first-order chi connectivity index (χ1) is 16.9. The summed E-state index contributed by atoms with van der Waals surface area (Å²) in [4.78, 5) is 12.8. The number of para-hydroxylation sites is 1. The average molecular weight is 576 g/mol. The first kappa shape index (κ1) is 33.3. The first-order valence-electron chi connectivity index (χ1n) is 12.0. The van der Waals surface area contributed by atoms with Crippen molar-refractivity contribution in [2.24, 2.45) is 0 Å². The molecule has 0 aliphatic rings. The summed E-state index contributed by atoms with van der Waals surface area (Å²) in [6.07, 6.45) is 0. The molecule has 192 valence electrons. The maximum Gasteiger partial charge on any atom is 4.00 e. The summed E-state index contributed by atoms with van der Waals surface area (Å²) in [6.45, 7) is 11.0. The molecule has 0 saturated carbocycles. The van der Waals surface area contributed by atoms with Crippen molar-refractivity contribution in [3.8, 4) is 11.1 Å². The Morgan fingerprint density at radius 3 is 1.79 bits per heavy atom. The van der Waals surface area contributed by atoms with Crippen LogP contribution in [0.25, 0.3) is 27.2 Å². The standard InChI is InChI=1S/C23H17NO.C10H15.2ClH.Ti/c25-23(21-15-8-12-17-11-4-5-13-19(17)21)24-22-16-7-6-14-20(22)18-9-2-1-3-10-18;1-6-7(2)9(4)10(5)8(6)3;;;/h1-16H,(H,24,25);1-5H3;2*1H;/q;-1;;;+4/p-3. The number of nitrogens with zero attached hydrogens (tertiary/aromatic N) is 1. The predicted molar refractivity (Wildman–Crippen MR) is 149 cm³/mol. The molecule has 0 aliphatic heterocycles. The third kappa shape index (κ3) is 7.21. The van der Waals surface area contributed by atoms with Crippen molar-refractivity contribution in [1.82, 2.24) is 0 Å². The quantitative estimate of drug-likeness (QED) is 0.240. The maximum absolute atomic E-state index is 12.8. The number of carbonyl (C=O) groups is 1. The molecule has 0 aliphatic carbocycles. The summed E-state index contributed by atoms with van der Waals surface area (Å²) in [5.41, 5.74) is 10.7. The van der Waals surface area contributed by atoms with Crippen LogP contribution in [-0.4, -0.2) is 5.91 Å². The van der Waals surface area contributed by atoms with Crippen LogP contribution < -0.4 is 24.8 Å². The summed E-state index contributed by atoms with van der Waals surface area (Å²) in [5, 5.41) is 6.39. The summed E-state index contributed by atoms with van der Waals surface area (Å²) in [6, 6.07) is 31.3. The van der Waals surface area contributed by atoms with Gasteiger partial charge in [-0.25, -0.2) is 0 Å². The van der Waals surface area contributed by atoms with Crippen LogP contribution >= 0.6 is 0 Å². The maximum atomic E-state index is 12.8. The molecule has 5 heteroatoms. The number of halogens is 2. The minimum absolute atomic E-state index is 0. The normalized spacial score (nSPS) is 9.71. The Morgan fingerprint density at radius 1 is 0.658 bits per heavy atom. The summed E-state index contributed by atoms with van der Waals surface area (Å²) < 4.78 is 0. The van der Waals surface area contributed by atoms with Crippen molar-refractivity contribution >= 4 is 22.4 Å². The Bertz CT molecular complexity index is 1410. The van der Waals surface area contributed by atoms with Crippen LogP contribution in [0.3, 0.4) is 0 Å². The van der Waals surface area contributed by atoms with Gasteiger partial charge in [0.05, 0.1) is 5.91 Å². The Hall–Kier alpha value is -2.75. The van der Waals surface area contributed by atoms with E-state index in [1.54, 1.807) is 0 Å². The largest absolute Gasteiger partial charge is 4.00 e. The van der Waals surface area contributed by atoms with Gasteiger partial charge in [0.15, 0.2) is 0 Å². The molecule has 2 nitrogen and oxygen atoms in total. The van der Waals surface area contributed by atoms with E-state index in [2.05, 4.69) is 39.9 Å². The van der Waals surface area contributed by atoms with Crippen molar-refractivity contribution in [2.75, 3.05) is 0 Å². The van der Waals surface area contributed by atoms with E-state index in [9.17, 15) is 4.79 Å². The molecule has 0 bridgehead atoms. The topological polar surface area (TPSA) is 31.2 Å².